The number of rotatable bonds is 13. The van der Waals surface area contributed by atoms with Gasteiger partial charge in [-0.1, -0.05) is 48.9 Å². The fraction of sp³-hybridized carbons (Fsp3) is 0.370. The van der Waals surface area contributed by atoms with Gasteiger partial charge in [-0.2, -0.15) is 5.10 Å². The maximum absolute atomic E-state index is 16.1. The Morgan fingerprint density at radius 1 is 1.05 bits per heavy atom. The van der Waals surface area contributed by atoms with Gasteiger partial charge in [0, 0.05) is 91.9 Å². The third-order valence-electron chi connectivity index (χ3n) is 12.6. The molecule has 324 valence electrons. The number of likely N-dealkylation sites (tertiary alicyclic amines) is 1. The summed E-state index contributed by atoms with van der Waals surface area (Å²) in [6.45, 7) is 3.93. The van der Waals surface area contributed by atoms with Crippen LogP contribution in [0.5, 0.6) is 11.5 Å². The zero-order valence-corrected chi connectivity index (χ0v) is 35.4. The number of primary amides is 1. The van der Waals surface area contributed by atoms with E-state index < -0.39 is 35.0 Å². The number of fused-ring (bicyclic) bond motifs is 2. The number of imide groups is 1. The molecule has 3 aliphatic heterocycles. The van der Waals surface area contributed by atoms with E-state index in [9.17, 15) is 19.2 Å². The molecule has 2 fully saturated rings. The summed E-state index contributed by atoms with van der Waals surface area (Å²) in [7, 11) is 3.12. The van der Waals surface area contributed by atoms with Gasteiger partial charge < -0.3 is 30.7 Å². The molecule has 4 heterocycles. The molecular formula is C46H48ClF2N7O6. The number of carbonyl (C=O) groups is 4. The van der Waals surface area contributed by atoms with Crippen LogP contribution < -0.4 is 31.2 Å². The van der Waals surface area contributed by atoms with E-state index in [0.717, 1.165) is 22.2 Å². The first kappa shape index (κ1) is 42.6. The summed E-state index contributed by atoms with van der Waals surface area (Å²) in [5, 5.41) is 14.6. The van der Waals surface area contributed by atoms with Gasteiger partial charge in [0.05, 0.1) is 34.8 Å². The summed E-state index contributed by atoms with van der Waals surface area (Å²) in [6, 6.07) is 19.2. The van der Waals surface area contributed by atoms with E-state index in [2.05, 4.69) is 21.0 Å². The number of ether oxygens (including phenoxy) is 2. The first-order valence-corrected chi connectivity index (χ1v) is 21.2. The van der Waals surface area contributed by atoms with Crippen molar-refractivity contribution in [2.45, 2.75) is 68.9 Å². The first-order chi connectivity index (χ1) is 29.8. The molecule has 1 aromatic heterocycles. The van der Waals surface area contributed by atoms with E-state index in [1.165, 1.54) is 25.3 Å². The summed E-state index contributed by atoms with van der Waals surface area (Å²) in [5.41, 5.74) is 7.80. The fourth-order valence-corrected chi connectivity index (χ4v) is 9.50. The van der Waals surface area contributed by atoms with Gasteiger partial charge >= 0.3 is 0 Å². The van der Waals surface area contributed by atoms with Crippen LogP contribution in [0.4, 0.5) is 14.5 Å². The Labute approximate surface area is 362 Å². The van der Waals surface area contributed by atoms with Crippen molar-refractivity contribution in [2.75, 3.05) is 38.6 Å². The Hall–Kier alpha value is -6.06. The lowest BCUT2D eigenvalue weighted by atomic mass is 9.77. The Balaban J connectivity index is 0.904. The Morgan fingerprint density at radius 2 is 1.81 bits per heavy atom. The highest BCUT2D eigenvalue weighted by atomic mass is 35.5. The molecule has 3 aliphatic rings. The fourth-order valence-electron chi connectivity index (χ4n) is 9.24. The molecule has 3 atom stereocenters. The molecule has 16 heteroatoms. The van der Waals surface area contributed by atoms with Crippen molar-refractivity contribution in [3.05, 3.63) is 106 Å². The van der Waals surface area contributed by atoms with Crippen molar-refractivity contribution in [2.24, 2.45) is 12.8 Å². The molecule has 62 heavy (non-hydrogen) atoms. The second-order valence-corrected chi connectivity index (χ2v) is 16.6. The molecule has 5 N–H and O–H groups in total. The third kappa shape index (κ3) is 7.83. The second-order valence-electron chi connectivity index (χ2n) is 16.2. The van der Waals surface area contributed by atoms with Gasteiger partial charge in [-0.05, 0) is 61.6 Å². The average Bonchev–Trinajstić information content (AvgIpc) is 3.74. The standard InChI is InChI=1S/C46H48ClF2N7O6/c1-25-38-35(23-32(48)41(47)40(38)39-30(44(50)59)13-15-34(61-3)42(39)49)62-46(25,26-8-5-4-6-9-26)24-52-27-17-20-56(21-18-27)37(58)10-7-19-51-28-11-12-29-33(22-28)55(2)54-43(29)31-14-16-36(57)53-45(31)60/h4-6,8-9,11-13,15,22-23,25,27,31,51-52H,7,10,14,16-21,24H2,1-3H3,(H2,50,59)(H,53,57,60)/t25-,31?,46-/m0/s1. The minimum absolute atomic E-state index is 0.0192. The van der Waals surface area contributed by atoms with Crippen LogP contribution >= 0.6 is 11.6 Å². The summed E-state index contributed by atoms with van der Waals surface area (Å²) in [6.07, 6.45) is 3.12. The number of amides is 4. The Bertz CT molecular complexity index is 2580. The van der Waals surface area contributed by atoms with Crippen LogP contribution in [0.2, 0.25) is 5.02 Å². The van der Waals surface area contributed by atoms with Crippen LogP contribution in [-0.4, -0.2) is 77.6 Å². The lowest BCUT2D eigenvalue weighted by molar-refractivity contribution is -0.134. The van der Waals surface area contributed by atoms with E-state index in [-0.39, 0.29) is 63.4 Å². The van der Waals surface area contributed by atoms with Crippen LogP contribution in [-0.2, 0) is 27.0 Å². The normalized spacial score (nSPS) is 20.2. The number of piperidine rings is 2. The Kier molecular flexibility index (Phi) is 11.9. The number of anilines is 1. The predicted molar refractivity (Wildman–Crippen MR) is 230 cm³/mol. The van der Waals surface area contributed by atoms with Crippen molar-refractivity contribution < 1.29 is 37.4 Å². The lowest BCUT2D eigenvalue weighted by Crippen LogP contribution is -2.50. The lowest BCUT2D eigenvalue weighted by Gasteiger charge is -2.38. The molecule has 0 spiro atoms. The summed E-state index contributed by atoms with van der Waals surface area (Å²) in [4.78, 5) is 52.0. The maximum Gasteiger partial charge on any atom is 0.249 e. The molecule has 4 amide bonds. The summed E-state index contributed by atoms with van der Waals surface area (Å²) in [5.74, 6) is -4.15. The zero-order valence-electron chi connectivity index (χ0n) is 34.7. The van der Waals surface area contributed by atoms with Crippen molar-refractivity contribution in [1.82, 2.24) is 25.3 Å². The first-order valence-electron chi connectivity index (χ1n) is 20.8. The summed E-state index contributed by atoms with van der Waals surface area (Å²) < 4.78 is 45.6. The number of aromatic nitrogens is 2. The number of aryl methyl sites for hydroxylation is 1. The van der Waals surface area contributed by atoms with Gasteiger partial charge in [0.15, 0.2) is 17.2 Å². The van der Waals surface area contributed by atoms with Crippen molar-refractivity contribution in [1.29, 1.82) is 0 Å². The van der Waals surface area contributed by atoms with Crippen LogP contribution in [0, 0.1) is 11.6 Å². The molecule has 0 radical (unpaired) electrons. The van der Waals surface area contributed by atoms with E-state index in [4.69, 9.17) is 26.8 Å². The number of hydrogen-bond donors (Lipinski definition) is 4. The minimum Gasteiger partial charge on any atom is -0.494 e. The molecule has 8 rings (SSSR count). The van der Waals surface area contributed by atoms with E-state index in [0.29, 0.717) is 69.5 Å². The number of halogens is 3. The predicted octanol–water partition coefficient (Wildman–Crippen LogP) is 6.66. The second kappa shape index (κ2) is 17.4. The number of nitrogens with two attached hydrogens (primary N) is 1. The number of methoxy groups -OCH3 is 1. The smallest absolute Gasteiger partial charge is 0.249 e. The average molecular weight is 868 g/mol. The van der Waals surface area contributed by atoms with Crippen LogP contribution in [0.15, 0.2) is 66.7 Å². The summed E-state index contributed by atoms with van der Waals surface area (Å²) >= 11 is 6.66. The van der Waals surface area contributed by atoms with Gasteiger partial charge in [-0.25, -0.2) is 8.78 Å². The monoisotopic (exact) mass is 867 g/mol. The maximum atomic E-state index is 16.1. The zero-order chi connectivity index (χ0) is 43.9. The van der Waals surface area contributed by atoms with Gasteiger partial charge in [-0.15, -0.1) is 0 Å². The van der Waals surface area contributed by atoms with Gasteiger partial charge in [0.2, 0.25) is 23.6 Å². The molecule has 1 unspecified atom stereocenters. The number of benzene rings is 4. The number of carbonyl (C=O) groups excluding carboxylic acids is 4. The number of nitrogens with one attached hydrogen (secondary N) is 3. The molecule has 4 aromatic carbocycles. The molecule has 0 saturated carbocycles. The molecule has 5 aromatic rings. The van der Waals surface area contributed by atoms with Crippen molar-refractivity contribution in [3.8, 4) is 22.6 Å². The Morgan fingerprint density at radius 3 is 2.52 bits per heavy atom. The molecule has 2 saturated heterocycles. The third-order valence-corrected chi connectivity index (χ3v) is 13.0. The van der Waals surface area contributed by atoms with Crippen LogP contribution in [0.1, 0.15) is 84.5 Å². The van der Waals surface area contributed by atoms with E-state index in [1.807, 2.05) is 67.4 Å². The van der Waals surface area contributed by atoms with E-state index in [1.54, 1.807) is 4.68 Å². The number of hydrogen-bond acceptors (Lipinski definition) is 9. The van der Waals surface area contributed by atoms with Gasteiger partial charge in [-0.3, -0.25) is 29.2 Å². The van der Waals surface area contributed by atoms with Crippen molar-refractivity contribution in [3.63, 3.8) is 0 Å². The molecule has 0 aliphatic carbocycles. The largest absolute Gasteiger partial charge is 0.494 e. The van der Waals surface area contributed by atoms with Gasteiger partial charge in [0.25, 0.3) is 0 Å². The highest BCUT2D eigenvalue weighted by Gasteiger charge is 2.50. The molecule has 13 nitrogen and oxygen atoms in total. The van der Waals surface area contributed by atoms with Crippen LogP contribution in [0.25, 0.3) is 22.0 Å². The highest BCUT2D eigenvalue weighted by molar-refractivity contribution is 6.34. The van der Waals surface area contributed by atoms with Crippen molar-refractivity contribution >= 4 is 51.8 Å². The quantitative estimate of drug-likeness (QED) is 0.0747. The van der Waals surface area contributed by atoms with Gasteiger partial charge in [0.1, 0.15) is 11.6 Å². The molecular weight excluding hydrogens is 820 g/mol. The van der Waals surface area contributed by atoms with E-state index >= 15 is 8.78 Å². The highest BCUT2D eigenvalue weighted by Crippen LogP contribution is 2.56. The minimum atomic E-state index is -1.09. The SMILES string of the molecule is COc1ccc(C(N)=O)c(-c2c(Cl)c(F)cc3c2[C@H](C)[C@@](CNC2CCN(C(=O)CCCNc4ccc5c(C6CCC(=O)NC6=O)nn(C)c5c4)CC2)(c2ccccc2)O3)c1F. The number of nitrogens with zero attached hydrogens (tertiary/aromatic N) is 3. The molecule has 0 bridgehead atoms. The van der Waals surface area contributed by atoms with Crippen LogP contribution in [0.3, 0.4) is 0 Å². The topological polar surface area (TPSA) is 170 Å².